The number of carboxylic acid groups (broad SMARTS) is 1. The van der Waals surface area contributed by atoms with Crippen LogP contribution in [0, 0.1) is 5.92 Å². The zero-order valence-corrected chi connectivity index (χ0v) is 15.3. The molecule has 1 fully saturated rings. The maximum absolute atomic E-state index is 11.8. The van der Waals surface area contributed by atoms with Gasteiger partial charge in [0.05, 0.1) is 10.9 Å². The molecular formula is C19H17Cl2NO4. The summed E-state index contributed by atoms with van der Waals surface area (Å²) in [6.45, 7) is 0.788. The molecule has 0 bridgehead atoms. The Balaban J connectivity index is 1.56. The molecule has 3 rings (SSSR count). The quantitative estimate of drug-likeness (QED) is 0.795. The van der Waals surface area contributed by atoms with Gasteiger partial charge in [-0.3, -0.25) is 9.59 Å². The van der Waals surface area contributed by atoms with Crippen molar-refractivity contribution in [2.75, 3.05) is 13.1 Å². The fourth-order valence-corrected chi connectivity index (χ4v) is 3.27. The third-order valence-corrected chi connectivity index (χ3v) is 4.81. The number of ether oxygens (including phenoxy) is 1. The molecule has 1 amide bonds. The number of halogens is 2. The average Bonchev–Trinajstić information content (AvgIpc) is 2.98. The van der Waals surface area contributed by atoms with Crippen LogP contribution in [0.5, 0.6) is 11.5 Å². The van der Waals surface area contributed by atoms with Crippen LogP contribution in [0.2, 0.25) is 10.0 Å². The summed E-state index contributed by atoms with van der Waals surface area (Å²) in [5.41, 5.74) is 1.03. The zero-order valence-electron chi connectivity index (χ0n) is 13.8. The third kappa shape index (κ3) is 4.48. The zero-order chi connectivity index (χ0) is 18.7. The first-order valence-corrected chi connectivity index (χ1v) is 8.90. The molecule has 0 aliphatic carbocycles. The fraction of sp³-hybridized carbons (Fsp3) is 0.263. The molecule has 2 aromatic rings. The van der Waals surface area contributed by atoms with Crippen molar-refractivity contribution in [3.8, 4) is 11.5 Å². The summed E-state index contributed by atoms with van der Waals surface area (Å²) in [6.07, 6.45) is 0.740. The number of rotatable bonds is 6. The predicted molar refractivity (Wildman–Crippen MR) is 99.0 cm³/mol. The molecule has 1 aliphatic heterocycles. The van der Waals surface area contributed by atoms with Crippen LogP contribution in [-0.4, -0.2) is 35.0 Å². The number of hydrogen-bond donors (Lipinski definition) is 1. The van der Waals surface area contributed by atoms with Crippen molar-refractivity contribution < 1.29 is 19.4 Å². The highest BCUT2D eigenvalue weighted by atomic mass is 35.5. The summed E-state index contributed by atoms with van der Waals surface area (Å²) in [7, 11) is 0. The fourth-order valence-electron chi connectivity index (χ4n) is 2.83. The van der Waals surface area contributed by atoms with Gasteiger partial charge in [0.2, 0.25) is 5.91 Å². The Kier molecular flexibility index (Phi) is 5.69. The molecule has 0 spiro atoms. The maximum atomic E-state index is 11.8. The minimum Gasteiger partial charge on any atom is -0.481 e. The van der Waals surface area contributed by atoms with E-state index in [-0.39, 0.29) is 18.9 Å². The van der Waals surface area contributed by atoms with Crippen LogP contribution in [-0.2, 0) is 16.0 Å². The van der Waals surface area contributed by atoms with E-state index in [0.717, 1.165) is 5.56 Å². The van der Waals surface area contributed by atoms with Crippen LogP contribution >= 0.6 is 23.2 Å². The topological polar surface area (TPSA) is 66.8 Å². The molecule has 0 saturated carbocycles. The molecule has 1 atom stereocenters. The van der Waals surface area contributed by atoms with E-state index >= 15 is 0 Å². The van der Waals surface area contributed by atoms with Crippen LogP contribution < -0.4 is 4.74 Å². The molecular weight excluding hydrogens is 377 g/mol. The van der Waals surface area contributed by atoms with E-state index in [1.807, 2.05) is 24.3 Å². The van der Waals surface area contributed by atoms with Gasteiger partial charge in [-0.1, -0.05) is 35.3 Å². The molecule has 1 aliphatic rings. The summed E-state index contributed by atoms with van der Waals surface area (Å²) in [5.74, 6) is -0.451. The van der Waals surface area contributed by atoms with Crippen LogP contribution in [0.4, 0.5) is 0 Å². The number of hydrogen-bond acceptors (Lipinski definition) is 3. The van der Waals surface area contributed by atoms with Crippen molar-refractivity contribution in [2.24, 2.45) is 5.92 Å². The van der Waals surface area contributed by atoms with E-state index in [2.05, 4.69) is 0 Å². The lowest BCUT2D eigenvalue weighted by Gasteiger charge is -2.16. The Labute approximate surface area is 161 Å². The van der Waals surface area contributed by atoms with Gasteiger partial charge < -0.3 is 14.7 Å². The molecule has 26 heavy (non-hydrogen) atoms. The highest BCUT2D eigenvalue weighted by Gasteiger charge is 2.33. The molecule has 1 saturated heterocycles. The van der Waals surface area contributed by atoms with Gasteiger partial charge >= 0.3 is 5.97 Å². The molecule has 136 valence electrons. The van der Waals surface area contributed by atoms with Gasteiger partial charge in [-0.2, -0.15) is 0 Å². The minimum absolute atomic E-state index is 0.0873. The van der Waals surface area contributed by atoms with Crippen LogP contribution in [0.25, 0.3) is 0 Å². The van der Waals surface area contributed by atoms with Gasteiger partial charge in [0.25, 0.3) is 0 Å². The van der Waals surface area contributed by atoms with Crippen molar-refractivity contribution in [3.63, 3.8) is 0 Å². The van der Waals surface area contributed by atoms with Gasteiger partial charge in [-0.15, -0.1) is 0 Å². The minimum atomic E-state index is -0.914. The molecule has 1 N–H and O–H groups in total. The van der Waals surface area contributed by atoms with E-state index in [1.54, 1.807) is 23.1 Å². The Morgan fingerprint density at radius 3 is 2.54 bits per heavy atom. The van der Waals surface area contributed by atoms with Gasteiger partial charge in [0, 0.05) is 24.5 Å². The molecule has 7 heteroatoms. The second-order valence-corrected chi connectivity index (χ2v) is 6.99. The normalized spacial score (nSPS) is 16.8. The number of carbonyl (C=O) groups excluding carboxylic acids is 1. The smallest absolute Gasteiger partial charge is 0.308 e. The van der Waals surface area contributed by atoms with E-state index in [9.17, 15) is 9.59 Å². The second-order valence-electron chi connectivity index (χ2n) is 6.15. The van der Waals surface area contributed by atoms with Crippen LogP contribution in [0.3, 0.4) is 0 Å². The molecule has 0 radical (unpaired) electrons. The molecule has 1 unspecified atom stereocenters. The van der Waals surface area contributed by atoms with Gasteiger partial charge in [-0.25, -0.2) is 0 Å². The highest BCUT2D eigenvalue weighted by Crippen LogP contribution is 2.31. The van der Waals surface area contributed by atoms with Crippen LogP contribution in [0.1, 0.15) is 12.0 Å². The first-order valence-electron chi connectivity index (χ1n) is 8.15. The lowest BCUT2D eigenvalue weighted by Crippen LogP contribution is -2.28. The van der Waals surface area contributed by atoms with Gasteiger partial charge in [0.15, 0.2) is 0 Å². The Morgan fingerprint density at radius 2 is 1.92 bits per heavy atom. The number of aliphatic carboxylic acids is 1. The van der Waals surface area contributed by atoms with Crippen LogP contribution in [0.15, 0.2) is 42.5 Å². The molecule has 2 aromatic carbocycles. The highest BCUT2D eigenvalue weighted by molar-refractivity contribution is 6.35. The Morgan fingerprint density at radius 1 is 1.19 bits per heavy atom. The summed E-state index contributed by atoms with van der Waals surface area (Å²) < 4.78 is 5.73. The monoisotopic (exact) mass is 393 g/mol. The van der Waals surface area contributed by atoms with Gasteiger partial charge in [-0.05, 0) is 42.3 Å². The largest absolute Gasteiger partial charge is 0.481 e. The van der Waals surface area contributed by atoms with E-state index in [4.69, 9.17) is 33.0 Å². The number of likely N-dealkylation sites (tertiary alicyclic amines) is 1. The number of amides is 1. The lowest BCUT2D eigenvalue weighted by atomic mass is 10.1. The Bertz CT molecular complexity index is 823. The number of nitrogens with zero attached hydrogens (tertiary/aromatic N) is 1. The summed E-state index contributed by atoms with van der Waals surface area (Å²) in [6, 6.07) is 12.5. The molecule has 0 aromatic heterocycles. The number of carbonyl (C=O) groups is 2. The predicted octanol–water partition coefficient (Wildman–Crippen LogP) is 4.26. The van der Waals surface area contributed by atoms with Crippen molar-refractivity contribution in [2.45, 2.75) is 12.8 Å². The van der Waals surface area contributed by atoms with Crippen molar-refractivity contribution in [1.82, 2.24) is 4.90 Å². The first-order chi connectivity index (χ1) is 12.4. The summed E-state index contributed by atoms with van der Waals surface area (Å²) in [4.78, 5) is 24.4. The number of carboxylic acids is 1. The molecule has 1 heterocycles. The van der Waals surface area contributed by atoms with Gasteiger partial charge in [0.1, 0.15) is 11.5 Å². The summed E-state index contributed by atoms with van der Waals surface area (Å²) in [5, 5.41) is 9.98. The third-order valence-electron chi connectivity index (χ3n) is 4.28. The average molecular weight is 394 g/mol. The first kappa shape index (κ1) is 18.5. The van der Waals surface area contributed by atoms with E-state index in [1.165, 1.54) is 0 Å². The second kappa shape index (κ2) is 7.98. The van der Waals surface area contributed by atoms with Crippen molar-refractivity contribution >= 4 is 35.1 Å². The van der Waals surface area contributed by atoms with E-state index in [0.29, 0.717) is 34.5 Å². The lowest BCUT2D eigenvalue weighted by molar-refractivity contribution is -0.141. The number of benzene rings is 2. The SMILES string of the molecule is O=C(O)C1CC(=O)N(CCc2ccc(Oc3ccc(Cl)cc3Cl)cc2)C1. The standard InChI is InChI=1S/C19H17Cl2NO4/c20-14-3-6-17(16(21)10-14)26-15-4-1-12(2-5-15)7-8-22-11-13(19(24)25)9-18(22)23/h1-6,10,13H,7-9,11H2,(H,24,25). The summed E-state index contributed by atoms with van der Waals surface area (Å²) >= 11 is 12.0. The van der Waals surface area contributed by atoms with Crippen molar-refractivity contribution in [3.05, 3.63) is 58.1 Å². The van der Waals surface area contributed by atoms with Crippen molar-refractivity contribution in [1.29, 1.82) is 0 Å². The van der Waals surface area contributed by atoms with E-state index < -0.39 is 11.9 Å². The maximum Gasteiger partial charge on any atom is 0.308 e. The molecule has 5 nitrogen and oxygen atoms in total. The Hall–Kier alpha value is -2.24.